The van der Waals surface area contributed by atoms with Crippen molar-refractivity contribution in [1.82, 2.24) is 10.2 Å². The molecule has 198 valence electrons. The van der Waals surface area contributed by atoms with Gasteiger partial charge in [-0.15, -0.1) is 11.8 Å². The van der Waals surface area contributed by atoms with E-state index >= 15 is 0 Å². The molecule has 2 heterocycles. The molecule has 0 aromatic heterocycles. The average molecular weight is 583 g/mol. The zero-order valence-electron chi connectivity index (χ0n) is 22.4. The number of carboxylic acids is 2. The molecule has 4 rings (SSSR count). The van der Waals surface area contributed by atoms with Gasteiger partial charge in [0.1, 0.15) is 17.5 Å². The number of carboxylic acid groups (broad SMARTS) is 2. The topological polar surface area (TPSA) is 156 Å². The molecule has 13 heteroatoms. The molecule has 2 aromatic carbocycles. The van der Waals surface area contributed by atoms with Crippen LogP contribution in [-0.2, 0) is 48.0 Å². The van der Waals surface area contributed by atoms with Gasteiger partial charge in [-0.25, -0.2) is 0 Å². The van der Waals surface area contributed by atoms with Crippen LogP contribution in [0.1, 0.15) is 23.6 Å². The molecule has 2 aliphatic rings. The number of benzene rings is 2. The summed E-state index contributed by atoms with van der Waals surface area (Å²) in [7, 11) is 0. The molecule has 2 aromatic rings. The molecule has 0 spiro atoms. The van der Waals surface area contributed by atoms with E-state index in [1.165, 1.54) is 18.7 Å². The molecule has 1 unspecified atom stereocenters. The zero-order chi connectivity index (χ0) is 27.4. The Labute approximate surface area is 279 Å². The zero-order valence-corrected chi connectivity index (χ0v) is 27.2. The van der Waals surface area contributed by atoms with Crippen molar-refractivity contribution in [3.05, 3.63) is 82.6 Å². The number of hydrogen-bond acceptors (Lipinski definition) is 9. The van der Waals surface area contributed by atoms with Gasteiger partial charge in [-0.05, 0) is 16.7 Å². The van der Waals surface area contributed by atoms with E-state index in [4.69, 9.17) is 4.74 Å². The van der Waals surface area contributed by atoms with E-state index in [1.807, 2.05) is 30.3 Å². The number of carbonyl (C=O) groups excluding carboxylic acids is 5. The second-order valence-electron chi connectivity index (χ2n) is 8.95. The fraction of sp³-hybridized carbons (Fsp3) is 0.296. The molecular weight excluding hydrogens is 558 g/mol. The number of nitrogens with zero attached hydrogens (tertiary/aromatic N) is 1. The first-order chi connectivity index (χ1) is 18.1. The molecule has 0 saturated carbocycles. The van der Waals surface area contributed by atoms with E-state index in [-0.39, 0.29) is 95.4 Å². The number of β-lactam (4-membered cyclic amide) rings is 1. The summed E-state index contributed by atoms with van der Waals surface area (Å²) in [4.78, 5) is 61.4. The summed E-state index contributed by atoms with van der Waals surface area (Å²) in [6.45, 7) is 1.23. The van der Waals surface area contributed by atoms with Crippen molar-refractivity contribution in [2.45, 2.75) is 43.7 Å². The number of amides is 2. The largest absolute Gasteiger partial charge is 1.00 e. The number of hydrogen-bond donors (Lipinski definition) is 1. The van der Waals surface area contributed by atoms with Gasteiger partial charge in [0.15, 0.2) is 0 Å². The van der Waals surface area contributed by atoms with Crippen molar-refractivity contribution in [2.75, 3.05) is 5.75 Å². The SMILES string of the molecule is CC(=O)OC(Cc1ccccc1)C1=C(C(=O)[O-])N2C(=O)[C@H](NC(=O)Cc3ccc(CC(=O)[O-])cc3)[C@H]2SC1.[Na+].[Na+]. The van der Waals surface area contributed by atoms with E-state index < -0.39 is 47.2 Å². The van der Waals surface area contributed by atoms with Crippen LogP contribution >= 0.6 is 11.8 Å². The number of esters is 1. The van der Waals surface area contributed by atoms with E-state index in [9.17, 15) is 34.2 Å². The first-order valence-corrected chi connectivity index (χ1v) is 12.9. The second-order valence-corrected chi connectivity index (χ2v) is 10.1. The molecule has 1 N–H and O–H groups in total. The van der Waals surface area contributed by atoms with Crippen LogP contribution in [0, 0.1) is 0 Å². The minimum atomic E-state index is -1.56. The third-order valence-corrected chi connectivity index (χ3v) is 7.51. The molecular formula is C27H24N2Na2O8S. The van der Waals surface area contributed by atoms with E-state index in [0.29, 0.717) is 11.1 Å². The standard InChI is InChI=1S/C27H26N2O8S.2Na/c1-15(30)37-20(11-16-5-3-2-4-6-16)19-14-38-26-23(25(34)29(26)24(19)27(35)36)28-21(31)12-17-7-9-18(10-8-17)13-22(32)33;;/h2-10,20,23,26H,11-14H2,1H3,(H,28,31)(H,32,33)(H,35,36);;/q;2*+1/p-2/t20?,23-,26+;;/m0../s1. The summed E-state index contributed by atoms with van der Waals surface area (Å²) in [5, 5.41) is 24.9. The van der Waals surface area contributed by atoms with Crippen LogP contribution in [0.3, 0.4) is 0 Å². The van der Waals surface area contributed by atoms with Gasteiger partial charge in [-0.1, -0.05) is 54.6 Å². The van der Waals surface area contributed by atoms with Crippen molar-refractivity contribution >= 4 is 41.5 Å². The van der Waals surface area contributed by atoms with Crippen LogP contribution in [0.4, 0.5) is 0 Å². The van der Waals surface area contributed by atoms with Crippen molar-refractivity contribution in [1.29, 1.82) is 0 Å². The van der Waals surface area contributed by atoms with Gasteiger partial charge in [-0.3, -0.25) is 19.3 Å². The van der Waals surface area contributed by atoms with Gasteiger partial charge in [0, 0.05) is 37.1 Å². The van der Waals surface area contributed by atoms with Crippen LogP contribution in [0.25, 0.3) is 0 Å². The molecule has 1 saturated heterocycles. The molecule has 3 atom stereocenters. The Balaban J connectivity index is 0.00000280. The van der Waals surface area contributed by atoms with Crippen molar-refractivity contribution in [3.8, 4) is 0 Å². The first kappa shape index (κ1) is 34.1. The smallest absolute Gasteiger partial charge is 0.550 e. The third kappa shape index (κ3) is 8.22. The van der Waals surface area contributed by atoms with E-state index in [0.717, 1.165) is 10.5 Å². The van der Waals surface area contributed by atoms with Gasteiger partial charge < -0.3 is 29.9 Å². The van der Waals surface area contributed by atoms with Crippen molar-refractivity contribution in [3.63, 3.8) is 0 Å². The van der Waals surface area contributed by atoms with Crippen LogP contribution < -0.4 is 74.6 Å². The minimum Gasteiger partial charge on any atom is -0.550 e. The maximum atomic E-state index is 13.0. The monoisotopic (exact) mass is 582 g/mol. The summed E-state index contributed by atoms with van der Waals surface area (Å²) in [6, 6.07) is 14.6. The summed E-state index contributed by atoms with van der Waals surface area (Å²) in [5.41, 5.74) is 1.90. The van der Waals surface area contributed by atoms with Gasteiger partial charge in [0.05, 0.1) is 18.1 Å². The molecule has 2 aliphatic heterocycles. The molecule has 0 bridgehead atoms. The van der Waals surface area contributed by atoms with Crippen LogP contribution in [0.15, 0.2) is 65.9 Å². The van der Waals surface area contributed by atoms with Crippen LogP contribution in [-0.4, -0.2) is 57.9 Å². The number of rotatable bonds is 10. The Bertz CT molecular complexity index is 1300. The molecule has 10 nitrogen and oxygen atoms in total. The molecule has 40 heavy (non-hydrogen) atoms. The molecule has 1 fully saturated rings. The van der Waals surface area contributed by atoms with Crippen LogP contribution in [0.2, 0.25) is 0 Å². The summed E-state index contributed by atoms with van der Waals surface area (Å²) < 4.78 is 5.46. The predicted molar refractivity (Wildman–Crippen MR) is 132 cm³/mol. The Kier molecular flexibility index (Phi) is 13.0. The van der Waals surface area contributed by atoms with Gasteiger partial charge in [-0.2, -0.15) is 0 Å². The number of aliphatic carboxylic acids is 2. The Morgan fingerprint density at radius 1 is 0.975 bits per heavy atom. The summed E-state index contributed by atoms with van der Waals surface area (Å²) in [5.74, 6) is -4.24. The first-order valence-electron chi connectivity index (χ1n) is 11.8. The number of thioether (sulfide) groups is 1. The van der Waals surface area contributed by atoms with Crippen LogP contribution in [0.5, 0.6) is 0 Å². The van der Waals surface area contributed by atoms with Crippen molar-refractivity contribution in [2.24, 2.45) is 0 Å². The number of ether oxygens (including phenoxy) is 1. The normalized spacial score (nSPS) is 18.2. The van der Waals surface area contributed by atoms with Gasteiger partial charge in [0.25, 0.3) is 5.91 Å². The van der Waals surface area contributed by atoms with Gasteiger partial charge >= 0.3 is 65.1 Å². The van der Waals surface area contributed by atoms with E-state index in [2.05, 4.69) is 5.32 Å². The number of carbonyl (C=O) groups is 5. The fourth-order valence-electron chi connectivity index (χ4n) is 4.49. The Hall–Kier alpha value is -2.12. The fourth-order valence-corrected chi connectivity index (χ4v) is 5.90. The molecule has 2 amide bonds. The third-order valence-electron chi connectivity index (χ3n) is 6.20. The maximum absolute atomic E-state index is 13.0. The Morgan fingerprint density at radius 3 is 2.12 bits per heavy atom. The summed E-state index contributed by atoms with van der Waals surface area (Å²) >= 11 is 1.26. The number of fused-ring (bicyclic) bond motifs is 1. The maximum Gasteiger partial charge on any atom is 1.00 e. The summed E-state index contributed by atoms with van der Waals surface area (Å²) in [6.07, 6.45) is -0.968. The average Bonchev–Trinajstić information content (AvgIpc) is 2.87. The Morgan fingerprint density at radius 2 is 1.57 bits per heavy atom. The molecule has 0 aliphatic carbocycles. The van der Waals surface area contributed by atoms with E-state index in [1.54, 1.807) is 24.3 Å². The number of nitrogens with one attached hydrogen (secondary N) is 1. The second kappa shape index (κ2) is 15.2. The minimum absolute atomic E-state index is 0. The predicted octanol–water partition coefficient (Wildman–Crippen LogP) is -6.89. The quantitative estimate of drug-likeness (QED) is 0.163. The molecule has 0 radical (unpaired) electrons. The van der Waals surface area contributed by atoms with Gasteiger partial charge in [0.2, 0.25) is 5.91 Å². The van der Waals surface area contributed by atoms with Crippen molar-refractivity contribution < 1.29 is 98.0 Å².